The van der Waals surface area contributed by atoms with E-state index in [0.717, 1.165) is 31.0 Å². The van der Waals surface area contributed by atoms with E-state index in [4.69, 9.17) is 12.2 Å². The molecule has 1 N–H and O–H groups in total. The molecular weight excluding hydrogens is 288 g/mol. The van der Waals surface area contributed by atoms with Crippen LogP contribution < -0.4 is 10.2 Å². The Morgan fingerprint density at radius 2 is 1.55 bits per heavy atom. The van der Waals surface area contributed by atoms with E-state index in [1.807, 2.05) is 18.2 Å². The van der Waals surface area contributed by atoms with Gasteiger partial charge in [-0.1, -0.05) is 54.7 Å². The smallest absolute Gasteiger partial charge is 0.0800 e. The maximum absolute atomic E-state index is 5.42. The molecule has 3 heteroatoms. The Labute approximate surface area is 139 Å². The Kier molecular flexibility index (Phi) is 6.41. The first-order valence-corrected chi connectivity index (χ1v) is 8.28. The summed E-state index contributed by atoms with van der Waals surface area (Å²) in [6, 6.07) is 19.0. The minimum absolute atomic E-state index is 0.782. The summed E-state index contributed by atoms with van der Waals surface area (Å²) in [4.78, 5) is 3.23. The van der Waals surface area contributed by atoms with Crippen molar-refractivity contribution in [1.82, 2.24) is 5.32 Å². The molecule has 0 heterocycles. The number of anilines is 1. The van der Waals surface area contributed by atoms with Crippen LogP contribution in [-0.2, 0) is 13.0 Å². The Balaban J connectivity index is 1.85. The molecule has 0 amide bonds. The molecule has 0 saturated heterocycles. The van der Waals surface area contributed by atoms with Crippen LogP contribution in [0.3, 0.4) is 0 Å². The quantitative estimate of drug-likeness (QED) is 0.772. The third-order valence-corrected chi connectivity index (χ3v) is 4.05. The van der Waals surface area contributed by atoms with Crippen LogP contribution in [0.2, 0.25) is 0 Å². The fourth-order valence-corrected chi connectivity index (χ4v) is 2.70. The number of nitrogens with zero attached hydrogens (tertiary/aromatic N) is 1. The average Bonchev–Trinajstić information content (AvgIpc) is 2.56. The van der Waals surface area contributed by atoms with Gasteiger partial charge in [0.15, 0.2) is 0 Å². The number of benzene rings is 2. The monoisotopic (exact) mass is 312 g/mol. The topological polar surface area (TPSA) is 15.3 Å². The molecule has 0 spiro atoms. The largest absolute Gasteiger partial charge is 0.375 e. The van der Waals surface area contributed by atoms with Gasteiger partial charge in [-0.3, -0.25) is 0 Å². The molecule has 0 unspecified atom stereocenters. The standard InChI is InChI=1S/C19H24N2S/c1-3-21(4-2)18-12-10-17(11-13-18)15-20-19(22)14-16-8-6-5-7-9-16/h5-13H,3-4,14-15H2,1-2H3,(H,20,22). The first kappa shape index (κ1) is 16.5. The molecule has 0 aliphatic rings. The molecule has 0 fully saturated rings. The Bertz CT molecular complexity index is 574. The van der Waals surface area contributed by atoms with Crippen molar-refractivity contribution >= 4 is 22.9 Å². The van der Waals surface area contributed by atoms with E-state index in [-0.39, 0.29) is 0 Å². The highest BCUT2D eigenvalue weighted by molar-refractivity contribution is 7.80. The van der Waals surface area contributed by atoms with E-state index >= 15 is 0 Å². The van der Waals surface area contributed by atoms with E-state index in [1.54, 1.807) is 0 Å². The normalized spacial score (nSPS) is 10.3. The fourth-order valence-electron chi connectivity index (χ4n) is 2.46. The van der Waals surface area contributed by atoms with Crippen molar-refractivity contribution in [3.05, 3.63) is 65.7 Å². The molecule has 2 rings (SSSR count). The highest BCUT2D eigenvalue weighted by atomic mass is 32.1. The number of nitrogens with one attached hydrogen (secondary N) is 1. The van der Waals surface area contributed by atoms with Crippen LogP contribution in [-0.4, -0.2) is 18.1 Å². The van der Waals surface area contributed by atoms with E-state index < -0.39 is 0 Å². The molecule has 0 aliphatic carbocycles. The summed E-state index contributed by atoms with van der Waals surface area (Å²) in [6.45, 7) is 7.22. The lowest BCUT2D eigenvalue weighted by atomic mass is 10.1. The highest BCUT2D eigenvalue weighted by Crippen LogP contribution is 2.14. The van der Waals surface area contributed by atoms with Gasteiger partial charge in [-0.05, 0) is 37.1 Å². The van der Waals surface area contributed by atoms with Gasteiger partial charge in [-0.15, -0.1) is 0 Å². The van der Waals surface area contributed by atoms with Crippen molar-refractivity contribution in [3.63, 3.8) is 0 Å². The molecule has 2 aromatic carbocycles. The first-order valence-electron chi connectivity index (χ1n) is 7.87. The lowest BCUT2D eigenvalue weighted by Crippen LogP contribution is -2.23. The van der Waals surface area contributed by atoms with Gasteiger partial charge in [-0.2, -0.15) is 0 Å². The summed E-state index contributed by atoms with van der Waals surface area (Å²) in [5, 5.41) is 3.34. The maximum atomic E-state index is 5.42. The second-order valence-electron chi connectivity index (χ2n) is 5.28. The summed E-state index contributed by atoms with van der Waals surface area (Å²) in [6.07, 6.45) is 0.799. The maximum Gasteiger partial charge on any atom is 0.0800 e. The third-order valence-electron chi connectivity index (χ3n) is 3.76. The summed E-state index contributed by atoms with van der Waals surface area (Å²) in [7, 11) is 0. The molecule has 116 valence electrons. The number of thiocarbonyl (C=S) groups is 1. The van der Waals surface area contributed by atoms with Crippen molar-refractivity contribution in [2.24, 2.45) is 0 Å². The highest BCUT2D eigenvalue weighted by Gasteiger charge is 2.02. The number of hydrogen-bond donors (Lipinski definition) is 1. The number of rotatable bonds is 7. The molecule has 22 heavy (non-hydrogen) atoms. The predicted octanol–water partition coefficient (Wildman–Crippen LogP) is 4.19. The summed E-state index contributed by atoms with van der Waals surface area (Å²) >= 11 is 5.42. The van der Waals surface area contributed by atoms with Crippen molar-refractivity contribution in [2.75, 3.05) is 18.0 Å². The van der Waals surface area contributed by atoms with Crippen molar-refractivity contribution in [3.8, 4) is 0 Å². The van der Waals surface area contributed by atoms with Crippen LogP contribution in [0.15, 0.2) is 54.6 Å². The molecule has 2 aromatic rings. The van der Waals surface area contributed by atoms with Gasteiger partial charge in [0.1, 0.15) is 0 Å². The van der Waals surface area contributed by atoms with Gasteiger partial charge >= 0.3 is 0 Å². The Morgan fingerprint density at radius 3 is 2.14 bits per heavy atom. The lowest BCUT2D eigenvalue weighted by molar-refractivity contribution is 0.863. The van der Waals surface area contributed by atoms with Crippen molar-refractivity contribution < 1.29 is 0 Å². The Hall–Kier alpha value is -1.87. The molecule has 0 bridgehead atoms. The predicted molar refractivity (Wildman–Crippen MR) is 99.6 cm³/mol. The summed E-state index contributed by atoms with van der Waals surface area (Å²) in [5.74, 6) is 0. The first-order chi connectivity index (χ1) is 10.7. The minimum atomic E-state index is 0.782. The van der Waals surface area contributed by atoms with E-state index in [1.165, 1.54) is 16.8 Å². The second-order valence-corrected chi connectivity index (χ2v) is 5.77. The molecule has 0 radical (unpaired) electrons. The van der Waals surface area contributed by atoms with Gasteiger partial charge in [0.25, 0.3) is 0 Å². The minimum Gasteiger partial charge on any atom is -0.375 e. The molecule has 0 atom stereocenters. The molecular formula is C19H24N2S. The van der Waals surface area contributed by atoms with Crippen molar-refractivity contribution in [1.29, 1.82) is 0 Å². The van der Waals surface area contributed by atoms with Crippen LogP contribution >= 0.6 is 12.2 Å². The van der Waals surface area contributed by atoms with E-state index in [0.29, 0.717) is 0 Å². The van der Waals surface area contributed by atoms with Gasteiger partial charge in [-0.25, -0.2) is 0 Å². The second kappa shape index (κ2) is 8.54. The zero-order valence-electron chi connectivity index (χ0n) is 13.4. The van der Waals surface area contributed by atoms with Crippen molar-refractivity contribution in [2.45, 2.75) is 26.8 Å². The van der Waals surface area contributed by atoms with Crippen LogP contribution in [0.4, 0.5) is 5.69 Å². The van der Waals surface area contributed by atoms with Gasteiger partial charge < -0.3 is 10.2 Å². The van der Waals surface area contributed by atoms with Crippen LogP contribution in [0, 0.1) is 0 Å². The molecule has 0 aromatic heterocycles. The van der Waals surface area contributed by atoms with Gasteiger partial charge in [0.2, 0.25) is 0 Å². The zero-order valence-corrected chi connectivity index (χ0v) is 14.2. The van der Waals surface area contributed by atoms with E-state index in [2.05, 4.69) is 60.5 Å². The SMILES string of the molecule is CCN(CC)c1ccc(CNC(=S)Cc2ccccc2)cc1. The van der Waals surface area contributed by atoms with Crippen LogP contribution in [0.5, 0.6) is 0 Å². The Morgan fingerprint density at radius 1 is 0.909 bits per heavy atom. The molecule has 0 aliphatic heterocycles. The van der Waals surface area contributed by atoms with E-state index in [9.17, 15) is 0 Å². The molecule has 2 nitrogen and oxygen atoms in total. The van der Waals surface area contributed by atoms with Gasteiger partial charge in [0.05, 0.1) is 4.99 Å². The lowest BCUT2D eigenvalue weighted by Gasteiger charge is -2.21. The summed E-state index contributed by atoms with van der Waals surface area (Å²) < 4.78 is 0. The third kappa shape index (κ3) is 4.85. The summed E-state index contributed by atoms with van der Waals surface area (Å²) in [5.41, 5.74) is 3.78. The fraction of sp³-hybridized carbons (Fsp3) is 0.316. The average molecular weight is 312 g/mol. The zero-order chi connectivity index (χ0) is 15.8. The van der Waals surface area contributed by atoms with Gasteiger partial charge in [0, 0.05) is 31.7 Å². The molecule has 0 saturated carbocycles. The number of hydrogen-bond acceptors (Lipinski definition) is 2. The van der Waals surface area contributed by atoms with Crippen LogP contribution in [0.1, 0.15) is 25.0 Å². The van der Waals surface area contributed by atoms with Crippen LogP contribution in [0.25, 0.3) is 0 Å².